The smallest absolute Gasteiger partial charge is 0.270 e. The highest BCUT2D eigenvalue weighted by Crippen LogP contribution is 2.35. The van der Waals surface area contributed by atoms with Gasteiger partial charge in [-0.2, -0.15) is 0 Å². The van der Waals surface area contributed by atoms with Crippen LogP contribution in [0.5, 0.6) is 0 Å². The van der Waals surface area contributed by atoms with E-state index in [-0.39, 0.29) is 5.91 Å². The van der Waals surface area contributed by atoms with E-state index in [2.05, 4.69) is 10.3 Å². The second-order valence-electron chi connectivity index (χ2n) is 5.83. The van der Waals surface area contributed by atoms with Gasteiger partial charge in [-0.25, -0.2) is 4.98 Å². The number of carbonyl (C=O) groups excluding carboxylic acids is 1. The molecule has 0 aliphatic rings. The average Bonchev–Trinajstić information content (AvgIpc) is 2.93. The number of thiazole rings is 1. The molecule has 2 rings (SSSR count). The van der Waals surface area contributed by atoms with Crippen LogP contribution in [0.4, 0.5) is 0 Å². The van der Waals surface area contributed by atoms with Gasteiger partial charge in [0.2, 0.25) is 0 Å². The van der Waals surface area contributed by atoms with Crippen molar-refractivity contribution in [2.45, 2.75) is 25.7 Å². The highest BCUT2D eigenvalue weighted by atomic mass is 35.5. The van der Waals surface area contributed by atoms with Crippen LogP contribution >= 0.6 is 34.5 Å². The molecule has 2 aromatic rings. The Morgan fingerprint density at radius 1 is 1.35 bits per heavy atom. The normalized spacial score (nSPS) is 11.5. The maximum Gasteiger partial charge on any atom is 0.270 e. The number of aromatic nitrogens is 1. The third-order valence-corrected chi connectivity index (χ3v) is 5.01. The van der Waals surface area contributed by atoms with Gasteiger partial charge in [0.1, 0.15) is 5.69 Å². The number of rotatable bonds is 6. The second-order valence-corrected chi connectivity index (χ2v) is 7.59. The summed E-state index contributed by atoms with van der Waals surface area (Å²) in [5.74, 6) is -0.208. The molecule has 0 fully saturated rings. The topological polar surface area (TPSA) is 68.0 Å². The molecular weight excluding hydrogens is 353 g/mol. The van der Waals surface area contributed by atoms with Gasteiger partial charge in [0, 0.05) is 33.8 Å². The van der Waals surface area contributed by atoms with Crippen molar-refractivity contribution in [2.75, 3.05) is 13.1 Å². The number of nitrogens with zero attached hydrogens (tertiary/aromatic N) is 1. The molecule has 124 valence electrons. The van der Waals surface area contributed by atoms with Crippen molar-refractivity contribution < 1.29 is 4.79 Å². The number of amides is 1. The molecule has 23 heavy (non-hydrogen) atoms. The van der Waals surface area contributed by atoms with Gasteiger partial charge in [0.15, 0.2) is 0 Å². The first-order valence-corrected chi connectivity index (χ1v) is 8.86. The Bertz CT molecular complexity index is 680. The maximum absolute atomic E-state index is 12.2. The zero-order chi connectivity index (χ0) is 17.0. The van der Waals surface area contributed by atoms with E-state index < -0.39 is 5.41 Å². The van der Waals surface area contributed by atoms with Gasteiger partial charge in [0.25, 0.3) is 5.91 Å². The molecule has 0 unspecified atom stereocenters. The minimum atomic E-state index is -0.402. The van der Waals surface area contributed by atoms with Crippen molar-refractivity contribution in [3.63, 3.8) is 0 Å². The van der Waals surface area contributed by atoms with Crippen LogP contribution in [0.15, 0.2) is 23.6 Å². The van der Waals surface area contributed by atoms with Gasteiger partial charge in [-0.05, 0) is 24.2 Å². The summed E-state index contributed by atoms with van der Waals surface area (Å²) in [5, 5.41) is 6.70. The van der Waals surface area contributed by atoms with Gasteiger partial charge in [-0.1, -0.05) is 43.1 Å². The van der Waals surface area contributed by atoms with Crippen LogP contribution in [0.2, 0.25) is 10.0 Å². The van der Waals surface area contributed by atoms with Crippen molar-refractivity contribution in [3.8, 4) is 0 Å². The molecule has 1 aromatic heterocycles. The molecule has 3 N–H and O–H groups in total. The van der Waals surface area contributed by atoms with E-state index in [0.29, 0.717) is 35.2 Å². The summed E-state index contributed by atoms with van der Waals surface area (Å²) in [5.41, 5.74) is 6.33. The summed E-state index contributed by atoms with van der Waals surface area (Å²) in [6.45, 7) is 4.90. The van der Waals surface area contributed by atoms with Crippen LogP contribution in [0.25, 0.3) is 0 Å². The predicted molar refractivity (Wildman–Crippen MR) is 96.7 cm³/mol. The van der Waals surface area contributed by atoms with Gasteiger partial charge in [-0.3, -0.25) is 4.79 Å². The largest absolute Gasteiger partial charge is 0.350 e. The Morgan fingerprint density at radius 3 is 2.61 bits per heavy atom. The molecule has 0 saturated carbocycles. The van der Waals surface area contributed by atoms with E-state index in [4.69, 9.17) is 28.9 Å². The summed E-state index contributed by atoms with van der Waals surface area (Å²) in [4.78, 5) is 16.5. The maximum atomic E-state index is 12.2. The molecule has 1 aromatic carbocycles. The highest BCUT2D eigenvalue weighted by Gasteiger charge is 2.27. The molecule has 7 heteroatoms. The van der Waals surface area contributed by atoms with Gasteiger partial charge in [-0.15, -0.1) is 11.3 Å². The molecule has 0 spiro atoms. The standard InChI is InChI=1S/C16H19Cl2N3OS/c1-16(2,14-10(17)4-3-5-11(14)18)9-20-15(22)12-8-23-13(21-12)6-7-19/h3-5,8H,6-7,9,19H2,1-2H3,(H,20,22). The van der Waals surface area contributed by atoms with Crippen molar-refractivity contribution in [3.05, 3.63) is 49.9 Å². The highest BCUT2D eigenvalue weighted by molar-refractivity contribution is 7.09. The van der Waals surface area contributed by atoms with Crippen molar-refractivity contribution in [1.29, 1.82) is 0 Å². The zero-order valence-corrected chi connectivity index (χ0v) is 15.4. The summed E-state index contributed by atoms with van der Waals surface area (Å²) in [6.07, 6.45) is 0.679. The fraction of sp³-hybridized carbons (Fsp3) is 0.375. The number of nitrogens with two attached hydrogens (primary N) is 1. The monoisotopic (exact) mass is 371 g/mol. The van der Waals surface area contributed by atoms with E-state index >= 15 is 0 Å². The third kappa shape index (κ3) is 4.44. The van der Waals surface area contributed by atoms with Crippen molar-refractivity contribution in [2.24, 2.45) is 5.73 Å². The second kappa shape index (κ2) is 7.62. The predicted octanol–water partition coefficient (Wildman–Crippen LogP) is 3.66. The minimum Gasteiger partial charge on any atom is -0.350 e. The minimum absolute atomic E-state index is 0.208. The van der Waals surface area contributed by atoms with Gasteiger partial charge >= 0.3 is 0 Å². The van der Waals surface area contributed by atoms with Crippen LogP contribution in [-0.2, 0) is 11.8 Å². The Labute approximate surface area is 150 Å². The summed E-state index contributed by atoms with van der Waals surface area (Å²) < 4.78 is 0. The number of halogens is 2. The van der Waals surface area contributed by atoms with E-state index in [1.54, 1.807) is 23.6 Å². The number of hydrogen-bond donors (Lipinski definition) is 2. The SMILES string of the molecule is CC(C)(CNC(=O)c1csc(CCN)n1)c1c(Cl)cccc1Cl. The van der Waals surface area contributed by atoms with E-state index in [1.165, 1.54) is 11.3 Å². The summed E-state index contributed by atoms with van der Waals surface area (Å²) in [7, 11) is 0. The average molecular weight is 372 g/mol. The lowest BCUT2D eigenvalue weighted by molar-refractivity contribution is 0.0941. The summed E-state index contributed by atoms with van der Waals surface area (Å²) >= 11 is 14.0. The van der Waals surface area contributed by atoms with Gasteiger partial charge < -0.3 is 11.1 Å². The van der Waals surface area contributed by atoms with Crippen molar-refractivity contribution in [1.82, 2.24) is 10.3 Å². The molecule has 0 radical (unpaired) electrons. The van der Waals surface area contributed by atoms with Crippen LogP contribution in [0.1, 0.15) is 34.9 Å². The molecule has 4 nitrogen and oxygen atoms in total. The Balaban J connectivity index is 2.07. The first-order chi connectivity index (χ1) is 10.8. The number of hydrogen-bond acceptors (Lipinski definition) is 4. The van der Waals surface area contributed by atoms with Crippen LogP contribution in [0, 0.1) is 0 Å². The third-order valence-electron chi connectivity index (χ3n) is 3.47. The van der Waals surface area contributed by atoms with Crippen LogP contribution < -0.4 is 11.1 Å². The molecule has 1 amide bonds. The fourth-order valence-electron chi connectivity index (χ4n) is 2.28. The van der Waals surface area contributed by atoms with E-state index in [9.17, 15) is 4.79 Å². The molecular formula is C16H19Cl2N3OS. The number of carbonyl (C=O) groups is 1. The quantitative estimate of drug-likeness (QED) is 0.813. The lowest BCUT2D eigenvalue weighted by Gasteiger charge is -2.27. The Morgan fingerprint density at radius 2 is 2.00 bits per heavy atom. The van der Waals surface area contributed by atoms with E-state index in [1.807, 2.05) is 13.8 Å². The lowest BCUT2D eigenvalue weighted by atomic mass is 9.84. The zero-order valence-electron chi connectivity index (χ0n) is 13.0. The number of nitrogens with one attached hydrogen (secondary N) is 1. The molecule has 0 bridgehead atoms. The molecule has 0 aliphatic heterocycles. The van der Waals surface area contributed by atoms with Gasteiger partial charge in [0.05, 0.1) is 5.01 Å². The first kappa shape index (κ1) is 18.2. The molecule has 0 saturated heterocycles. The van der Waals surface area contributed by atoms with Crippen molar-refractivity contribution >= 4 is 40.4 Å². The molecule has 0 atom stereocenters. The van der Waals surface area contributed by atoms with Crippen LogP contribution in [-0.4, -0.2) is 24.0 Å². The Kier molecular flexibility index (Phi) is 6.03. The first-order valence-electron chi connectivity index (χ1n) is 7.22. The number of benzene rings is 1. The molecule has 0 aliphatic carbocycles. The fourth-order valence-corrected chi connectivity index (χ4v) is 3.98. The summed E-state index contributed by atoms with van der Waals surface area (Å²) in [6, 6.07) is 5.40. The van der Waals surface area contributed by atoms with Crippen LogP contribution in [0.3, 0.4) is 0 Å². The molecule has 1 heterocycles. The lowest BCUT2D eigenvalue weighted by Crippen LogP contribution is -2.37. The van der Waals surface area contributed by atoms with E-state index in [0.717, 1.165) is 10.6 Å². The Hall–Kier alpha value is -1.14.